The van der Waals surface area contributed by atoms with Crippen molar-refractivity contribution >= 4 is 49.8 Å². The molecule has 1 fully saturated rings. The first-order chi connectivity index (χ1) is 16.1. The van der Waals surface area contributed by atoms with E-state index in [-0.39, 0.29) is 5.91 Å². The van der Waals surface area contributed by atoms with E-state index < -0.39 is 0 Å². The minimum Gasteiger partial charge on any atom is -0.492 e. The molecule has 2 heterocycles. The van der Waals surface area contributed by atoms with Crippen LogP contribution < -0.4 is 15.4 Å². The Morgan fingerprint density at radius 1 is 1.21 bits per heavy atom. The second kappa shape index (κ2) is 11.3. The maximum atomic E-state index is 12.6. The summed E-state index contributed by atoms with van der Waals surface area (Å²) in [6.45, 7) is 6.35. The molecule has 0 spiro atoms. The van der Waals surface area contributed by atoms with Gasteiger partial charge in [-0.25, -0.2) is 0 Å². The Kier molecular flexibility index (Phi) is 7.93. The van der Waals surface area contributed by atoms with Gasteiger partial charge in [0.25, 0.3) is 0 Å². The van der Waals surface area contributed by atoms with Crippen LogP contribution in [0.5, 0.6) is 5.75 Å². The van der Waals surface area contributed by atoms with Crippen LogP contribution in [-0.4, -0.2) is 55.2 Å². The van der Waals surface area contributed by atoms with Crippen LogP contribution in [0.15, 0.2) is 65.3 Å². The standard InChI is InChI=1S/C25H27BrN4O3/c1-2-33-24-17-22-20(21(8-9-27-22)28-19-6-3-5-18(26)15-19)16-23(24)29-25(31)7-4-10-30-11-13-32-14-12-30/h3-9,15-17H,2,10-14H2,1H3,(H,27,28)(H,29,31)/b7-4+. The van der Waals surface area contributed by atoms with Crippen molar-refractivity contribution in [3.05, 3.63) is 65.3 Å². The minimum atomic E-state index is -0.200. The van der Waals surface area contributed by atoms with Gasteiger partial charge in [0, 0.05) is 59.2 Å². The molecule has 4 rings (SSSR count). The zero-order valence-electron chi connectivity index (χ0n) is 18.5. The second-order valence-electron chi connectivity index (χ2n) is 7.60. The van der Waals surface area contributed by atoms with Crippen molar-refractivity contribution in [2.24, 2.45) is 0 Å². The summed E-state index contributed by atoms with van der Waals surface area (Å²) in [4.78, 5) is 19.4. The molecule has 0 atom stereocenters. The number of halogens is 1. The number of anilines is 3. The first-order valence-electron chi connectivity index (χ1n) is 11.0. The van der Waals surface area contributed by atoms with Gasteiger partial charge in [-0.15, -0.1) is 0 Å². The lowest BCUT2D eigenvalue weighted by Gasteiger charge is -2.25. The van der Waals surface area contributed by atoms with E-state index in [9.17, 15) is 4.79 Å². The van der Waals surface area contributed by atoms with Crippen molar-refractivity contribution in [2.75, 3.05) is 50.1 Å². The fourth-order valence-electron chi connectivity index (χ4n) is 3.64. The predicted molar refractivity (Wildman–Crippen MR) is 135 cm³/mol. The number of nitrogens with one attached hydrogen (secondary N) is 2. The van der Waals surface area contributed by atoms with Crippen LogP contribution in [0.1, 0.15) is 6.92 Å². The molecule has 1 saturated heterocycles. The van der Waals surface area contributed by atoms with Gasteiger partial charge in [-0.3, -0.25) is 14.7 Å². The van der Waals surface area contributed by atoms with E-state index in [1.54, 1.807) is 12.3 Å². The van der Waals surface area contributed by atoms with Gasteiger partial charge in [-0.05, 0) is 37.3 Å². The third kappa shape index (κ3) is 6.31. The number of hydrogen-bond donors (Lipinski definition) is 2. The van der Waals surface area contributed by atoms with Gasteiger partial charge in [0.15, 0.2) is 0 Å². The topological polar surface area (TPSA) is 75.7 Å². The molecule has 0 unspecified atom stereocenters. The molecule has 0 saturated carbocycles. The van der Waals surface area contributed by atoms with Crippen LogP contribution in [-0.2, 0) is 9.53 Å². The molecule has 7 nitrogen and oxygen atoms in total. The number of benzene rings is 2. The van der Waals surface area contributed by atoms with Crippen LogP contribution in [0.2, 0.25) is 0 Å². The Balaban J connectivity index is 1.56. The maximum Gasteiger partial charge on any atom is 0.248 e. The number of carbonyl (C=O) groups is 1. The lowest BCUT2D eigenvalue weighted by molar-refractivity contribution is -0.111. The van der Waals surface area contributed by atoms with Crippen molar-refractivity contribution in [1.29, 1.82) is 0 Å². The van der Waals surface area contributed by atoms with Gasteiger partial charge in [-0.1, -0.05) is 28.1 Å². The van der Waals surface area contributed by atoms with E-state index in [1.807, 2.05) is 55.5 Å². The Morgan fingerprint density at radius 3 is 2.85 bits per heavy atom. The number of amides is 1. The maximum absolute atomic E-state index is 12.6. The largest absolute Gasteiger partial charge is 0.492 e. The number of carbonyl (C=O) groups excluding carboxylic acids is 1. The highest BCUT2D eigenvalue weighted by molar-refractivity contribution is 9.10. The van der Waals surface area contributed by atoms with Gasteiger partial charge in [0.05, 0.1) is 31.0 Å². The molecule has 8 heteroatoms. The summed E-state index contributed by atoms with van der Waals surface area (Å²) in [6.07, 6.45) is 5.20. The molecule has 172 valence electrons. The summed E-state index contributed by atoms with van der Waals surface area (Å²) in [5, 5.41) is 7.29. The van der Waals surface area contributed by atoms with E-state index in [2.05, 4.69) is 36.4 Å². The van der Waals surface area contributed by atoms with Crippen molar-refractivity contribution in [2.45, 2.75) is 6.92 Å². The van der Waals surface area contributed by atoms with Gasteiger partial charge in [0.2, 0.25) is 5.91 Å². The van der Waals surface area contributed by atoms with Crippen molar-refractivity contribution < 1.29 is 14.3 Å². The zero-order chi connectivity index (χ0) is 23.0. The average molecular weight is 511 g/mol. The number of fused-ring (bicyclic) bond motifs is 1. The fraction of sp³-hybridized carbons (Fsp3) is 0.280. The summed E-state index contributed by atoms with van der Waals surface area (Å²) in [5.41, 5.74) is 3.22. The summed E-state index contributed by atoms with van der Waals surface area (Å²) >= 11 is 3.50. The van der Waals surface area contributed by atoms with Crippen molar-refractivity contribution in [3.8, 4) is 5.75 Å². The molecule has 2 aromatic carbocycles. The van der Waals surface area contributed by atoms with Gasteiger partial charge < -0.3 is 20.1 Å². The zero-order valence-corrected chi connectivity index (χ0v) is 20.1. The Bertz CT molecular complexity index is 1150. The lowest BCUT2D eigenvalue weighted by Crippen LogP contribution is -2.36. The van der Waals surface area contributed by atoms with Crippen LogP contribution in [0.25, 0.3) is 10.9 Å². The van der Waals surface area contributed by atoms with Gasteiger partial charge in [-0.2, -0.15) is 0 Å². The highest BCUT2D eigenvalue weighted by atomic mass is 79.9. The van der Waals surface area contributed by atoms with E-state index in [1.165, 1.54) is 0 Å². The molecule has 1 aromatic heterocycles. The number of pyridine rings is 1. The summed E-state index contributed by atoms with van der Waals surface area (Å²) in [6, 6.07) is 13.6. The number of rotatable bonds is 8. The predicted octanol–water partition coefficient (Wildman–Crippen LogP) is 4.97. The minimum absolute atomic E-state index is 0.200. The van der Waals surface area contributed by atoms with Crippen LogP contribution >= 0.6 is 15.9 Å². The molecule has 1 aliphatic heterocycles. The van der Waals surface area contributed by atoms with E-state index in [0.717, 1.165) is 59.6 Å². The van der Waals surface area contributed by atoms with Crippen LogP contribution in [0.3, 0.4) is 0 Å². The Hall–Kier alpha value is -2.94. The van der Waals surface area contributed by atoms with Gasteiger partial charge >= 0.3 is 0 Å². The number of hydrogen-bond acceptors (Lipinski definition) is 6. The molecule has 0 bridgehead atoms. The van der Waals surface area contributed by atoms with Crippen molar-refractivity contribution in [1.82, 2.24) is 9.88 Å². The molecule has 33 heavy (non-hydrogen) atoms. The lowest BCUT2D eigenvalue weighted by atomic mass is 10.1. The normalized spacial score (nSPS) is 14.5. The Labute approximate surface area is 201 Å². The number of nitrogens with zero attached hydrogens (tertiary/aromatic N) is 2. The third-order valence-electron chi connectivity index (χ3n) is 5.24. The highest BCUT2D eigenvalue weighted by Gasteiger charge is 2.13. The molecule has 0 radical (unpaired) electrons. The molecular weight excluding hydrogens is 484 g/mol. The first-order valence-corrected chi connectivity index (χ1v) is 11.8. The molecular formula is C25H27BrN4O3. The first kappa shape index (κ1) is 23.2. The van der Waals surface area contributed by atoms with Crippen molar-refractivity contribution in [3.63, 3.8) is 0 Å². The summed E-state index contributed by atoms with van der Waals surface area (Å²) in [7, 11) is 0. The van der Waals surface area contributed by atoms with Gasteiger partial charge in [0.1, 0.15) is 5.75 Å². The fourth-order valence-corrected chi connectivity index (χ4v) is 4.04. The van der Waals surface area contributed by atoms with E-state index >= 15 is 0 Å². The molecule has 3 aromatic rings. The molecule has 1 aliphatic rings. The van der Waals surface area contributed by atoms with Crippen LogP contribution in [0.4, 0.5) is 17.1 Å². The Morgan fingerprint density at radius 2 is 2.06 bits per heavy atom. The average Bonchev–Trinajstić information content (AvgIpc) is 2.81. The quantitative estimate of drug-likeness (QED) is 0.416. The SMILES string of the molecule is CCOc1cc2nccc(Nc3cccc(Br)c3)c2cc1NC(=O)/C=C/CN1CCOCC1. The molecule has 2 N–H and O–H groups in total. The number of ether oxygens (including phenoxy) is 2. The summed E-state index contributed by atoms with van der Waals surface area (Å²) < 4.78 is 12.1. The third-order valence-corrected chi connectivity index (χ3v) is 5.73. The summed E-state index contributed by atoms with van der Waals surface area (Å²) in [5.74, 6) is 0.390. The monoisotopic (exact) mass is 510 g/mol. The number of morpholine rings is 1. The van der Waals surface area contributed by atoms with E-state index in [4.69, 9.17) is 9.47 Å². The van der Waals surface area contributed by atoms with E-state index in [0.29, 0.717) is 18.0 Å². The highest BCUT2D eigenvalue weighted by Crippen LogP contribution is 2.34. The second-order valence-corrected chi connectivity index (χ2v) is 8.51. The number of aromatic nitrogens is 1. The molecule has 0 aliphatic carbocycles. The van der Waals surface area contributed by atoms with Crippen LogP contribution in [0, 0.1) is 0 Å². The smallest absolute Gasteiger partial charge is 0.248 e. The molecule has 1 amide bonds.